The number of hydrogen-bond donors (Lipinski definition) is 1. The molecule has 1 aromatic heterocycles. The number of carbonyl (C=O) groups is 1. The third-order valence-electron chi connectivity index (χ3n) is 4.31. The Morgan fingerprint density at radius 3 is 2.82 bits per heavy atom. The summed E-state index contributed by atoms with van der Waals surface area (Å²) in [6.45, 7) is 3.59. The summed E-state index contributed by atoms with van der Waals surface area (Å²) in [5.41, 5.74) is 2.87. The molecular weight excluding hydrogens is 403 g/mol. The maximum atomic E-state index is 12.9. The van der Waals surface area contributed by atoms with Gasteiger partial charge in [0.05, 0.1) is 34.0 Å². The van der Waals surface area contributed by atoms with Gasteiger partial charge in [0.2, 0.25) is 12.3 Å². The fourth-order valence-corrected chi connectivity index (χ4v) is 3.58. The Labute approximate surface area is 171 Å². The number of nitrogens with one attached hydrogen (secondary N) is 1. The van der Waals surface area contributed by atoms with Crippen molar-refractivity contribution in [2.75, 3.05) is 6.61 Å². The van der Waals surface area contributed by atoms with Crippen LogP contribution in [0, 0.1) is 11.3 Å². The van der Waals surface area contributed by atoms with Crippen LogP contribution in [0.5, 0.6) is 0 Å². The maximum absolute atomic E-state index is 12.9. The first kappa shape index (κ1) is 19.9. The van der Waals surface area contributed by atoms with Gasteiger partial charge in [0, 0.05) is 17.0 Å². The second-order valence-corrected chi connectivity index (χ2v) is 6.85. The smallest absolute Gasteiger partial charge is 0.336 e. The predicted molar refractivity (Wildman–Crippen MR) is 103 cm³/mol. The van der Waals surface area contributed by atoms with Crippen molar-refractivity contribution in [2.24, 2.45) is 0 Å². The van der Waals surface area contributed by atoms with Crippen molar-refractivity contribution in [3.63, 3.8) is 0 Å². The number of rotatable bonds is 5. The Hall–Kier alpha value is -2.82. The molecule has 0 radical (unpaired) electrons. The molecule has 3 rings (SSSR count). The van der Waals surface area contributed by atoms with E-state index in [0.29, 0.717) is 32.5 Å². The molecule has 0 fully saturated rings. The second-order valence-electron chi connectivity index (χ2n) is 6.07. The molecule has 28 heavy (non-hydrogen) atoms. The second kappa shape index (κ2) is 8.46. The van der Waals surface area contributed by atoms with Gasteiger partial charge in [0.15, 0.2) is 0 Å². The number of ether oxygens (including phenoxy) is 1. The first-order valence-electron chi connectivity index (χ1n) is 8.38. The van der Waals surface area contributed by atoms with Gasteiger partial charge in [-0.1, -0.05) is 35.3 Å². The Morgan fingerprint density at radius 1 is 1.36 bits per heavy atom. The molecule has 1 atom stereocenters. The van der Waals surface area contributed by atoms with Crippen LogP contribution >= 0.6 is 23.2 Å². The van der Waals surface area contributed by atoms with Crippen LogP contribution in [0.4, 0.5) is 0 Å². The highest BCUT2D eigenvalue weighted by atomic mass is 35.5. The molecule has 0 amide bonds. The molecule has 1 unspecified atom stereocenters. The normalized spacial score (nSPS) is 16.6. The fraction of sp³-hybridized carbons (Fsp3) is 0.263. The number of nitriles is 1. The highest BCUT2D eigenvalue weighted by Gasteiger charge is 2.38. The third-order valence-corrected chi connectivity index (χ3v) is 5.14. The lowest BCUT2D eigenvalue weighted by Gasteiger charge is -2.30. The Bertz CT molecular complexity index is 1010. The molecule has 1 aromatic carbocycles. The highest BCUT2D eigenvalue weighted by molar-refractivity contribution is 6.42. The van der Waals surface area contributed by atoms with E-state index in [2.05, 4.69) is 15.5 Å². The van der Waals surface area contributed by atoms with Crippen molar-refractivity contribution in [1.29, 1.82) is 5.26 Å². The van der Waals surface area contributed by atoms with Gasteiger partial charge in [-0.25, -0.2) is 4.79 Å². The minimum atomic E-state index is -0.637. The maximum Gasteiger partial charge on any atom is 0.336 e. The van der Waals surface area contributed by atoms with Gasteiger partial charge in [-0.15, -0.1) is 10.2 Å². The summed E-state index contributed by atoms with van der Waals surface area (Å²) in [5.74, 6) is -0.950. The Balaban J connectivity index is 2.17. The minimum Gasteiger partial charge on any atom is -0.461 e. The monoisotopic (exact) mass is 418 g/mol. The van der Waals surface area contributed by atoms with Gasteiger partial charge in [0.25, 0.3) is 0 Å². The summed E-state index contributed by atoms with van der Waals surface area (Å²) in [6.07, 6.45) is 1.31. The number of allylic oxidation sites excluding steroid dienone is 3. The molecule has 0 bridgehead atoms. The number of halogens is 2. The molecule has 0 saturated heterocycles. The standard InChI is InChI=1S/C19H16Cl2N4O3/c1-10-14(18-25-23-9-28-18)16(12-5-3-6-13(20)17(12)21)15(11(2)24-10)19(26)27-8-4-7-22/h3,5-6,9,16,24H,4,8H2,1-2H3. The summed E-state index contributed by atoms with van der Waals surface area (Å²) >= 11 is 12.7. The van der Waals surface area contributed by atoms with Gasteiger partial charge in [-0.05, 0) is 25.5 Å². The van der Waals surface area contributed by atoms with Gasteiger partial charge < -0.3 is 14.5 Å². The number of hydrogen-bond acceptors (Lipinski definition) is 7. The lowest BCUT2D eigenvalue weighted by atomic mass is 9.80. The fourth-order valence-electron chi connectivity index (χ4n) is 3.16. The molecule has 0 saturated carbocycles. The highest BCUT2D eigenvalue weighted by Crippen LogP contribution is 2.46. The van der Waals surface area contributed by atoms with Crippen LogP contribution < -0.4 is 5.32 Å². The average molecular weight is 419 g/mol. The zero-order chi connectivity index (χ0) is 20.3. The number of dihydropyridines is 1. The topological polar surface area (TPSA) is 101 Å². The molecule has 1 N–H and O–H groups in total. The summed E-state index contributed by atoms with van der Waals surface area (Å²) in [7, 11) is 0. The lowest BCUT2D eigenvalue weighted by molar-refractivity contribution is -0.139. The van der Waals surface area contributed by atoms with Crippen LogP contribution in [0.1, 0.15) is 37.6 Å². The van der Waals surface area contributed by atoms with Crippen molar-refractivity contribution in [3.05, 3.63) is 63.1 Å². The van der Waals surface area contributed by atoms with Crippen molar-refractivity contribution in [3.8, 4) is 6.07 Å². The minimum absolute atomic E-state index is 0.0132. The quantitative estimate of drug-likeness (QED) is 0.572. The van der Waals surface area contributed by atoms with Gasteiger partial charge >= 0.3 is 5.97 Å². The lowest BCUT2D eigenvalue weighted by Crippen LogP contribution is -2.29. The molecule has 0 spiro atoms. The van der Waals surface area contributed by atoms with E-state index in [4.69, 9.17) is 37.6 Å². The number of esters is 1. The van der Waals surface area contributed by atoms with Crippen LogP contribution in [0.3, 0.4) is 0 Å². The predicted octanol–water partition coefficient (Wildman–Crippen LogP) is 4.23. The van der Waals surface area contributed by atoms with Crippen LogP contribution in [0.2, 0.25) is 10.0 Å². The summed E-state index contributed by atoms with van der Waals surface area (Å²) in [4.78, 5) is 12.9. The van der Waals surface area contributed by atoms with E-state index in [1.807, 2.05) is 13.0 Å². The van der Waals surface area contributed by atoms with E-state index in [1.54, 1.807) is 25.1 Å². The van der Waals surface area contributed by atoms with Crippen molar-refractivity contribution in [2.45, 2.75) is 26.2 Å². The number of benzene rings is 1. The average Bonchev–Trinajstić information content (AvgIpc) is 3.17. The molecule has 7 nitrogen and oxygen atoms in total. The molecule has 1 aliphatic heterocycles. The Kier molecular flexibility index (Phi) is 6.02. The molecular formula is C19H16Cl2N4O3. The zero-order valence-corrected chi connectivity index (χ0v) is 16.6. The van der Waals surface area contributed by atoms with E-state index in [9.17, 15) is 4.79 Å². The van der Waals surface area contributed by atoms with Crippen molar-refractivity contribution < 1.29 is 13.9 Å². The summed E-state index contributed by atoms with van der Waals surface area (Å²) < 4.78 is 10.7. The molecule has 2 heterocycles. The zero-order valence-electron chi connectivity index (χ0n) is 15.1. The molecule has 0 aliphatic carbocycles. The SMILES string of the molecule is CC1=C(C(=O)OCCC#N)C(c2cccc(Cl)c2Cl)C(c2nnco2)=C(C)N1. The molecule has 144 valence electrons. The van der Waals surface area contributed by atoms with Crippen molar-refractivity contribution >= 4 is 34.7 Å². The van der Waals surface area contributed by atoms with E-state index in [1.165, 1.54) is 6.39 Å². The first-order chi connectivity index (χ1) is 13.5. The van der Waals surface area contributed by atoms with E-state index < -0.39 is 11.9 Å². The van der Waals surface area contributed by atoms with Crippen LogP contribution in [0.25, 0.3) is 5.57 Å². The van der Waals surface area contributed by atoms with Crippen LogP contribution in [0.15, 0.2) is 46.0 Å². The molecule has 9 heteroatoms. The largest absolute Gasteiger partial charge is 0.461 e. The van der Waals surface area contributed by atoms with E-state index >= 15 is 0 Å². The van der Waals surface area contributed by atoms with Gasteiger partial charge in [0.1, 0.15) is 6.61 Å². The van der Waals surface area contributed by atoms with E-state index in [-0.39, 0.29) is 18.9 Å². The third kappa shape index (κ3) is 3.75. The molecule has 2 aromatic rings. The summed E-state index contributed by atoms with van der Waals surface area (Å²) in [6, 6.07) is 7.14. The number of aromatic nitrogens is 2. The van der Waals surface area contributed by atoms with Gasteiger partial charge in [-0.3, -0.25) is 0 Å². The molecule has 1 aliphatic rings. The number of nitrogens with zero attached hydrogens (tertiary/aromatic N) is 3. The Morgan fingerprint density at radius 2 is 2.14 bits per heavy atom. The van der Waals surface area contributed by atoms with Crippen molar-refractivity contribution in [1.82, 2.24) is 15.5 Å². The van der Waals surface area contributed by atoms with E-state index in [0.717, 1.165) is 5.70 Å². The first-order valence-corrected chi connectivity index (χ1v) is 9.14. The summed E-state index contributed by atoms with van der Waals surface area (Å²) in [5, 5.41) is 20.3. The number of carbonyl (C=O) groups excluding carboxylic acids is 1. The van der Waals surface area contributed by atoms with Gasteiger partial charge in [-0.2, -0.15) is 5.26 Å². The van der Waals surface area contributed by atoms with Crippen LogP contribution in [-0.4, -0.2) is 22.8 Å². The van der Waals surface area contributed by atoms with Crippen LogP contribution in [-0.2, 0) is 9.53 Å².